The molecule has 0 unspecified atom stereocenters. The van der Waals surface area contributed by atoms with Gasteiger partial charge in [0.15, 0.2) is 17.9 Å². The van der Waals surface area contributed by atoms with Crippen LogP contribution < -0.4 is 0 Å². The van der Waals surface area contributed by atoms with Crippen LogP contribution >= 0.6 is 0 Å². The number of aliphatic hydroxyl groups is 1. The van der Waals surface area contributed by atoms with E-state index in [1.165, 1.54) is 5.57 Å². The van der Waals surface area contributed by atoms with Crippen LogP contribution in [-0.2, 0) is 23.7 Å². The Bertz CT molecular complexity index is 597. The van der Waals surface area contributed by atoms with Gasteiger partial charge in [-0.1, -0.05) is 25.5 Å². The van der Waals surface area contributed by atoms with Gasteiger partial charge < -0.3 is 28.8 Å². The van der Waals surface area contributed by atoms with Crippen molar-refractivity contribution in [2.45, 2.75) is 90.1 Å². The molecule has 1 aliphatic carbocycles. The lowest BCUT2D eigenvalue weighted by molar-refractivity contribution is -0.241. The Balaban J connectivity index is 1.75. The van der Waals surface area contributed by atoms with E-state index in [9.17, 15) is 5.11 Å². The summed E-state index contributed by atoms with van der Waals surface area (Å²) in [7, 11) is 0. The third kappa shape index (κ3) is 3.00. The first-order chi connectivity index (χ1) is 12.6. The van der Waals surface area contributed by atoms with E-state index < -0.39 is 17.9 Å². The van der Waals surface area contributed by atoms with Crippen molar-refractivity contribution in [3.05, 3.63) is 12.2 Å². The maximum atomic E-state index is 10.1. The fourth-order valence-electron chi connectivity index (χ4n) is 5.87. The minimum atomic E-state index is -0.686. The molecule has 1 spiro atoms. The van der Waals surface area contributed by atoms with Gasteiger partial charge >= 0.3 is 0 Å². The van der Waals surface area contributed by atoms with Crippen molar-refractivity contribution in [2.24, 2.45) is 17.3 Å². The van der Waals surface area contributed by atoms with Gasteiger partial charge in [-0.05, 0) is 52.4 Å². The van der Waals surface area contributed by atoms with Gasteiger partial charge in [0.2, 0.25) is 0 Å². The number of fused-ring (bicyclic) bond motifs is 2. The molecule has 6 nitrogen and oxygen atoms in total. The summed E-state index contributed by atoms with van der Waals surface area (Å²) in [5, 5.41) is 10.1. The molecule has 4 fully saturated rings. The second-order valence-corrected chi connectivity index (χ2v) is 9.45. The molecular formula is C21H34O6. The van der Waals surface area contributed by atoms with E-state index >= 15 is 0 Å². The summed E-state index contributed by atoms with van der Waals surface area (Å²) in [6.45, 7) is 14.8. The van der Waals surface area contributed by atoms with Crippen molar-refractivity contribution in [1.82, 2.24) is 0 Å². The Labute approximate surface area is 162 Å². The molecule has 27 heavy (non-hydrogen) atoms. The Hall–Kier alpha value is -0.500. The first-order valence-electron chi connectivity index (χ1n) is 10.2. The molecule has 0 radical (unpaired) electrons. The summed E-state index contributed by atoms with van der Waals surface area (Å²) in [5.74, 6) is -1.08. The van der Waals surface area contributed by atoms with Gasteiger partial charge in [-0.15, -0.1) is 0 Å². The minimum Gasteiger partial charge on any atom is -0.396 e. The third-order valence-corrected chi connectivity index (χ3v) is 6.89. The summed E-state index contributed by atoms with van der Waals surface area (Å²) in [4.78, 5) is 0. The highest BCUT2D eigenvalue weighted by atomic mass is 16.8. The Morgan fingerprint density at radius 3 is 2.44 bits per heavy atom. The maximum Gasteiger partial charge on any atom is 0.188 e. The van der Waals surface area contributed by atoms with Crippen molar-refractivity contribution < 1.29 is 28.8 Å². The lowest BCUT2D eigenvalue weighted by Crippen LogP contribution is -2.52. The standard InChI is InChI=1S/C21H34O6/c1-7-13(10-22)15-12(2)8-9-21(15)16(14-11-23-19(3,4)25-14)24-18-17(21)26-20(5,6)27-18/h13-18,22H,2,7-11H2,1,3-6H3/t13-,14-,15+,16-,17+,18-,21-/m1/s1. The van der Waals surface area contributed by atoms with Crippen molar-refractivity contribution in [2.75, 3.05) is 13.2 Å². The fraction of sp³-hybridized carbons (Fsp3) is 0.905. The SMILES string of the molecule is C=C1CC[C@]2([C@@H]([C@H]3COC(C)(C)O3)O[C@@H]3OC(C)(C)O[C@@H]32)[C@@H]1[C@H](CC)CO. The normalized spacial score (nSPS) is 46.3. The van der Waals surface area contributed by atoms with E-state index in [0.717, 1.165) is 19.3 Å². The molecular weight excluding hydrogens is 348 g/mol. The highest BCUT2D eigenvalue weighted by Crippen LogP contribution is 2.63. The molecule has 0 aromatic rings. The predicted molar refractivity (Wildman–Crippen MR) is 98.8 cm³/mol. The second kappa shape index (κ2) is 6.51. The minimum absolute atomic E-state index is 0.109. The molecule has 1 saturated carbocycles. The number of hydrogen-bond acceptors (Lipinski definition) is 6. The van der Waals surface area contributed by atoms with E-state index in [1.807, 2.05) is 27.7 Å². The van der Waals surface area contributed by atoms with Crippen molar-refractivity contribution in [1.29, 1.82) is 0 Å². The van der Waals surface area contributed by atoms with Crippen LogP contribution in [0.15, 0.2) is 12.2 Å². The van der Waals surface area contributed by atoms with E-state index in [2.05, 4.69) is 13.5 Å². The van der Waals surface area contributed by atoms with Crippen LogP contribution in [0.5, 0.6) is 0 Å². The predicted octanol–water partition coefficient (Wildman–Crippen LogP) is 2.99. The number of rotatable bonds is 4. The highest BCUT2D eigenvalue weighted by molar-refractivity contribution is 5.24. The highest BCUT2D eigenvalue weighted by Gasteiger charge is 2.70. The first kappa shape index (κ1) is 19.8. The zero-order valence-electron chi connectivity index (χ0n) is 17.2. The zero-order chi connectivity index (χ0) is 19.6. The topological polar surface area (TPSA) is 66.4 Å². The van der Waals surface area contributed by atoms with Gasteiger partial charge in [-0.25, -0.2) is 0 Å². The first-order valence-corrected chi connectivity index (χ1v) is 10.2. The van der Waals surface area contributed by atoms with Crippen molar-refractivity contribution >= 4 is 0 Å². The second-order valence-electron chi connectivity index (χ2n) is 9.45. The molecule has 0 bridgehead atoms. The number of ether oxygens (including phenoxy) is 5. The smallest absolute Gasteiger partial charge is 0.188 e. The molecule has 4 rings (SSSR count). The molecule has 6 heteroatoms. The number of hydrogen-bond donors (Lipinski definition) is 1. The van der Waals surface area contributed by atoms with Crippen LogP contribution in [0.3, 0.4) is 0 Å². The summed E-state index contributed by atoms with van der Waals surface area (Å²) >= 11 is 0. The van der Waals surface area contributed by atoms with Crippen molar-refractivity contribution in [3.63, 3.8) is 0 Å². The molecule has 0 amide bonds. The van der Waals surface area contributed by atoms with Crippen LogP contribution in [0.1, 0.15) is 53.9 Å². The Morgan fingerprint density at radius 1 is 1.11 bits per heavy atom. The van der Waals surface area contributed by atoms with Crippen LogP contribution in [0.4, 0.5) is 0 Å². The van der Waals surface area contributed by atoms with Crippen LogP contribution in [-0.4, -0.2) is 54.5 Å². The Morgan fingerprint density at radius 2 is 1.85 bits per heavy atom. The number of allylic oxidation sites excluding steroid dienone is 1. The molecule has 0 aromatic heterocycles. The molecule has 3 saturated heterocycles. The largest absolute Gasteiger partial charge is 0.396 e. The lowest BCUT2D eigenvalue weighted by Gasteiger charge is -2.44. The average molecular weight is 382 g/mol. The fourth-order valence-corrected chi connectivity index (χ4v) is 5.87. The van der Waals surface area contributed by atoms with Gasteiger partial charge in [0.05, 0.1) is 12.7 Å². The maximum absolute atomic E-state index is 10.1. The van der Waals surface area contributed by atoms with E-state index in [-0.39, 0.29) is 42.2 Å². The van der Waals surface area contributed by atoms with Crippen LogP contribution in [0.25, 0.3) is 0 Å². The molecule has 7 atom stereocenters. The third-order valence-electron chi connectivity index (χ3n) is 6.89. The average Bonchev–Trinajstić information content (AvgIpc) is 3.27. The number of aliphatic hydroxyl groups excluding tert-OH is 1. The van der Waals surface area contributed by atoms with E-state index in [1.54, 1.807) is 0 Å². The molecule has 0 aromatic carbocycles. The molecule has 3 heterocycles. The summed E-state index contributed by atoms with van der Waals surface area (Å²) in [5.41, 5.74) is 0.851. The monoisotopic (exact) mass is 382 g/mol. The van der Waals surface area contributed by atoms with Gasteiger partial charge in [-0.3, -0.25) is 0 Å². The summed E-state index contributed by atoms with van der Waals surface area (Å²) < 4.78 is 31.0. The molecule has 3 aliphatic heterocycles. The van der Waals surface area contributed by atoms with Crippen LogP contribution in [0, 0.1) is 17.3 Å². The molecule has 4 aliphatic rings. The van der Waals surface area contributed by atoms with Gasteiger partial charge in [0.1, 0.15) is 12.2 Å². The quantitative estimate of drug-likeness (QED) is 0.754. The van der Waals surface area contributed by atoms with Gasteiger partial charge in [0, 0.05) is 12.0 Å². The van der Waals surface area contributed by atoms with Crippen molar-refractivity contribution in [3.8, 4) is 0 Å². The summed E-state index contributed by atoms with van der Waals surface area (Å²) in [6.07, 6.45) is 1.66. The van der Waals surface area contributed by atoms with E-state index in [4.69, 9.17) is 23.7 Å². The summed E-state index contributed by atoms with van der Waals surface area (Å²) in [6, 6.07) is 0. The van der Waals surface area contributed by atoms with Gasteiger partial charge in [-0.2, -0.15) is 0 Å². The molecule has 1 N–H and O–H groups in total. The lowest BCUT2D eigenvalue weighted by atomic mass is 9.63. The Kier molecular flexibility index (Phi) is 4.77. The van der Waals surface area contributed by atoms with Crippen LogP contribution in [0.2, 0.25) is 0 Å². The molecule has 154 valence electrons. The van der Waals surface area contributed by atoms with Gasteiger partial charge in [0.25, 0.3) is 0 Å². The van der Waals surface area contributed by atoms with E-state index in [0.29, 0.717) is 6.61 Å². The zero-order valence-corrected chi connectivity index (χ0v) is 17.2.